The molecule has 5 aromatic rings. The third kappa shape index (κ3) is 22.1. The summed E-state index contributed by atoms with van der Waals surface area (Å²) in [5.74, 6) is -2.36. The van der Waals surface area contributed by atoms with Crippen LogP contribution in [0.5, 0.6) is 0 Å². The molecule has 24 heteroatoms. The minimum absolute atomic E-state index is 0.0741. The average Bonchev–Trinajstić information content (AvgIpc) is 1.41. The Hall–Kier alpha value is -8.12. The van der Waals surface area contributed by atoms with E-state index in [-0.39, 0.29) is 95.3 Å². The van der Waals surface area contributed by atoms with E-state index in [1.54, 1.807) is 91.8 Å². The quantitative estimate of drug-likeness (QED) is 0.0152. The maximum absolute atomic E-state index is 14.6. The molecule has 2 unspecified atom stereocenters. The Morgan fingerprint density at radius 1 is 0.756 bits per heavy atom. The number of alkyl carbamates (subject to hydrolysis) is 2. The summed E-state index contributed by atoms with van der Waals surface area (Å²) in [5.41, 5.74) is 8.60. The Bertz CT molecular complexity index is 3090. The fourth-order valence-corrected chi connectivity index (χ4v) is 9.30. The number of carbonyl (C=O) groups is 7. The predicted molar refractivity (Wildman–Crippen MR) is 326 cm³/mol. The van der Waals surface area contributed by atoms with Crippen molar-refractivity contribution in [2.24, 2.45) is 17.6 Å². The number of halogens is 1. The molecule has 0 aliphatic rings. The molecule has 0 saturated heterocycles. The lowest BCUT2D eigenvalue weighted by Gasteiger charge is -2.35. The molecule has 0 saturated carbocycles. The van der Waals surface area contributed by atoms with Crippen LogP contribution in [-0.2, 0) is 46.5 Å². The summed E-state index contributed by atoms with van der Waals surface area (Å²) in [5, 5.41) is 26.2. The van der Waals surface area contributed by atoms with Gasteiger partial charge in [0.2, 0.25) is 17.7 Å². The topological polar surface area (TPSA) is 313 Å². The highest BCUT2D eigenvalue weighted by Gasteiger charge is 2.34. The zero-order valence-corrected chi connectivity index (χ0v) is 50.9. The van der Waals surface area contributed by atoms with E-state index in [9.17, 15) is 43.5 Å². The molecule has 0 aliphatic heterocycles. The fourth-order valence-electron chi connectivity index (χ4n) is 9.13. The van der Waals surface area contributed by atoms with Gasteiger partial charge in [0, 0.05) is 48.9 Å². The van der Waals surface area contributed by atoms with Crippen LogP contribution in [-0.4, -0.2) is 131 Å². The number of rotatable bonds is 33. The van der Waals surface area contributed by atoms with Crippen LogP contribution >= 0.6 is 11.6 Å². The van der Waals surface area contributed by atoms with Crippen molar-refractivity contribution in [2.45, 2.75) is 137 Å². The summed E-state index contributed by atoms with van der Waals surface area (Å²) >= 11 is 6.42. The third-order valence-corrected chi connectivity index (χ3v) is 13.9. The summed E-state index contributed by atoms with van der Waals surface area (Å²) in [6.45, 7) is 14.5. The second-order valence-corrected chi connectivity index (χ2v) is 22.1. The van der Waals surface area contributed by atoms with E-state index in [0.717, 1.165) is 11.1 Å². The third-order valence-electron chi connectivity index (χ3n) is 13.6. The lowest BCUT2D eigenvalue weighted by atomic mass is 9.98. The number of benzene rings is 4. The predicted octanol–water partition coefficient (Wildman–Crippen LogP) is 7.23. The van der Waals surface area contributed by atoms with Crippen LogP contribution in [0.3, 0.4) is 0 Å². The largest absolute Gasteiger partial charge is 0.445 e. The van der Waals surface area contributed by atoms with Crippen molar-refractivity contribution >= 4 is 70.0 Å². The molecule has 0 fully saturated rings. The highest BCUT2D eigenvalue weighted by Crippen LogP contribution is 2.31. The Kier molecular flexibility index (Phi) is 27.7. The van der Waals surface area contributed by atoms with Gasteiger partial charge in [-0.05, 0) is 112 Å². The first-order valence-corrected chi connectivity index (χ1v) is 29.3. The first kappa shape index (κ1) is 68.7. The molecule has 5 atom stereocenters. The number of hydrogen-bond donors (Lipinski definition) is 8. The number of aryl methyl sites for hydroxylation is 1. The van der Waals surface area contributed by atoms with Crippen LogP contribution in [0.1, 0.15) is 119 Å². The molecule has 0 bridgehead atoms. The van der Waals surface area contributed by atoms with Crippen molar-refractivity contribution in [3.05, 3.63) is 141 Å². The van der Waals surface area contributed by atoms with Crippen molar-refractivity contribution in [3.63, 3.8) is 0 Å². The summed E-state index contributed by atoms with van der Waals surface area (Å²) in [6, 6.07) is 24.5. The van der Waals surface area contributed by atoms with Gasteiger partial charge in [-0.1, -0.05) is 106 Å². The number of nitrogens with one attached hydrogen (secondary N) is 6. The Morgan fingerprint density at radius 2 is 1.43 bits per heavy atom. The number of primary amides is 1. The molecule has 23 nitrogen and oxygen atoms in total. The maximum Gasteiger partial charge on any atom is 0.407 e. The summed E-state index contributed by atoms with van der Waals surface area (Å²) < 4.78 is 23.7. The van der Waals surface area contributed by atoms with Crippen LogP contribution in [0.25, 0.3) is 10.9 Å². The Balaban J connectivity index is 1.18. The first-order valence-electron chi connectivity index (χ1n) is 28.9. The molecular weight excluding hydrogens is 1130 g/mol. The number of urea groups is 1. The molecule has 0 spiro atoms. The molecule has 1 heterocycles. The number of ether oxygens (including phenoxy) is 4. The lowest BCUT2D eigenvalue weighted by molar-refractivity contribution is -0.209. The van der Waals surface area contributed by atoms with Crippen LogP contribution in [0.4, 0.5) is 20.1 Å². The van der Waals surface area contributed by atoms with E-state index >= 15 is 0 Å². The molecule has 0 radical (unpaired) electrons. The van der Waals surface area contributed by atoms with E-state index < -0.39 is 72.4 Å². The number of hydrogen-bond acceptors (Lipinski definition) is 14. The van der Waals surface area contributed by atoms with Gasteiger partial charge >= 0.3 is 18.2 Å². The smallest absolute Gasteiger partial charge is 0.407 e. The number of aliphatic hydroxyl groups excluding tert-OH is 1. The van der Waals surface area contributed by atoms with E-state index in [0.29, 0.717) is 51.4 Å². The van der Waals surface area contributed by atoms with E-state index in [2.05, 4.69) is 31.9 Å². The van der Waals surface area contributed by atoms with Gasteiger partial charge in [-0.3, -0.25) is 28.5 Å². The molecule has 9 N–H and O–H groups in total. The van der Waals surface area contributed by atoms with Gasteiger partial charge in [0.15, 0.2) is 6.29 Å². The minimum atomic E-state index is -1.13. The molecular formula is C62H83ClN10O13. The summed E-state index contributed by atoms with van der Waals surface area (Å²) in [7, 11) is 0. The lowest BCUT2D eigenvalue weighted by Crippen LogP contribution is -2.54. The Labute approximate surface area is 506 Å². The standard InChI is InChI=1S/C62H83ClN10O13/c1-9-47(35-74)86-52(85-40(6)7)37-84-62(82)67-31-28-51(75)71-53(38(2)3)57(77)70-49(17-13-29-65-60(64)80)56(76)68-46-25-20-43(21-26-46)36-83-61(81)66-30-14-32-72(58(78)44-22-18-41(8)19-23-44)54(39(4)5)55-69-50-33-45(63)24-27-48(50)59(79)73(55)34-42-15-11-10-12-16-42/h10-12,15-16,18-27,33,38-40,47,49,52-54,74H,9,13-14,17,28-32,34-37H2,1-8H3,(H,66,81)(H,67,82)(H,68,76)(H,70,77)(H,71,75)(H3,64,65,80)/t47?,49-,52?,53-,54-/m1/s1. The summed E-state index contributed by atoms with van der Waals surface area (Å²) in [6.07, 6.45) is -2.32. The second-order valence-electron chi connectivity index (χ2n) is 21.6. The molecule has 466 valence electrons. The number of nitrogens with zero attached hydrogens (tertiary/aromatic N) is 3. The first-order chi connectivity index (χ1) is 41.1. The van der Waals surface area contributed by atoms with Crippen LogP contribution in [0.15, 0.2) is 102 Å². The molecule has 86 heavy (non-hydrogen) atoms. The summed E-state index contributed by atoms with van der Waals surface area (Å²) in [4.78, 5) is 113. The maximum atomic E-state index is 14.6. The van der Waals surface area contributed by atoms with Crippen molar-refractivity contribution in [1.29, 1.82) is 0 Å². The van der Waals surface area contributed by atoms with Gasteiger partial charge in [-0.2, -0.15) is 0 Å². The monoisotopic (exact) mass is 1210 g/mol. The van der Waals surface area contributed by atoms with Gasteiger partial charge in [0.05, 0.1) is 42.3 Å². The van der Waals surface area contributed by atoms with Crippen LogP contribution in [0.2, 0.25) is 5.02 Å². The molecule has 8 amide bonds. The van der Waals surface area contributed by atoms with Gasteiger partial charge in [-0.25, -0.2) is 19.4 Å². The fraction of sp³-hybridized carbons (Fsp3) is 0.468. The second kappa shape index (κ2) is 34.7. The zero-order chi connectivity index (χ0) is 62.9. The SMILES string of the molecule is CCC(CO)OC(COC(=O)NCCC(=O)N[C@@H](C(=O)N[C@H](CCCNC(N)=O)C(=O)Nc1ccc(COC(=O)NCCCN(C(=O)c2ccc(C)cc2)[C@@H](c2nc3cc(Cl)ccc3c(=O)n2Cc2ccccc2)C(C)C)cc1)C(C)C)OC(C)C. The van der Waals surface area contributed by atoms with Gasteiger partial charge < -0.3 is 66.6 Å². The highest BCUT2D eigenvalue weighted by atomic mass is 35.5. The molecule has 1 aromatic heterocycles. The van der Waals surface area contributed by atoms with Crippen LogP contribution < -0.4 is 43.2 Å². The molecule has 4 aromatic carbocycles. The van der Waals surface area contributed by atoms with Crippen LogP contribution in [0, 0.1) is 18.8 Å². The minimum Gasteiger partial charge on any atom is -0.445 e. The number of fused-ring (bicyclic) bond motifs is 1. The van der Waals surface area contributed by atoms with E-state index in [4.69, 9.17) is 41.3 Å². The van der Waals surface area contributed by atoms with Crippen molar-refractivity contribution in [3.8, 4) is 0 Å². The van der Waals surface area contributed by atoms with Gasteiger partial charge in [-0.15, -0.1) is 0 Å². The van der Waals surface area contributed by atoms with E-state index in [1.165, 1.54) is 0 Å². The normalized spacial score (nSPS) is 13.0. The molecule has 5 rings (SSSR count). The highest BCUT2D eigenvalue weighted by molar-refractivity contribution is 6.31. The van der Waals surface area contributed by atoms with Crippen molar-refractivity contribution < 1.29 is 57.6 Å². The average molecular weight is 1210 g/mol. The van der Waals surface area contributed by atoms with Crippen molar-refractivity contribution in [1.82, 2.24) is 41.0 Å². The van der Waals surface area contributed by atoms with Gasteiger partial charge in [0.1, 0.15) is 31.1 Å². The number of anilines is 1. The zero-order valence-electron chi connectivity index (χ0n) is 50.2. The number of aromatic nitrogens is 2. The van der Waals surface area contributed by atoms with Crippen molar-refractivity contribution in [2.75, 3.05) is 44.7 Å². The van der Waals surface area contributed by atoms with E-state index in [1.807, 2.05) is 70.2 Å². The Morgan fingerprint density at radius 3 is 2.07 bits per heavy atom. The molecule has 0 aliphatic carbocycles. The number of amides is 8. The number of aliphatic hydroxyl groups is 1. The number of nitrogens with two attached hydrogens (primary N) is 1. The number of carbonyl (C=O) groups excluding carboxylic acids is 7. The van der Waals surface area contributed by atoms with Gasteiger partial charge in [0.25, 0.3) is 11.5 Å².